The van der Waals surface area contributed by atoms with Crippen LogP contribution in [-0.2, 0) is 25.3 Å². The summed E-state index contributed by atoms with van der Waals surface area (Å²) >= 11 is 1.43. The second-order valence-corrected chi connectivity index (χ2v) is 10.1. The molecule has 3 aromatic rings. The average Bonchev–Trinajstić information content (AvgIpc) is 2.78. The first-order valence-electron chi connectivity index (χ1n) is 10.3. The molecule has 0 radical (unpaired) electrons. The number of esters is 1. The zero-order valence-corrected chi connectivity index (χ0v) is 19.5. The van der Waals surface area contributed by atoms with Crippen LogP contribution in [0.3, 0.4) is 0 Å². The highest BCUT2D eigenvalue weighted by Crippen LogP contribution is 2.37. The first-order valence-corrected chi connectivity index (χ1v) is 12.9. The number of hydrogen-bond donors (Lipinski definition) is 0. The zero-order chi connectivity index (χ0) is 22.1. The molecule has 0 bridgehead atoms. The van der Waals surface area contributed by atoms with Gasteiger partial charge in [-0.2, -0.15) is 0 Å². The summed E-state index contributed by atoms with van der Waals surface area (Å²) in [5.74, 6) is -0.460. The quantitative estimate of drug-likeness (QED) is 0.210. The van der Waals surface area contributed by atoms with Crippen LogP contribution in [0.1, 0.15) is 19.4 Å². The fourth-order valence-corrected chi connectivity index (χ4v) is 6.11. The van der Waals surface area contributed by atoms with Crippen LogP contribution in [0.25, 0.3) is 10.9 Å². The van der Waals surface area contributed by atoms with E-state index in [1.807, 2.05) is 73.7 Å². The molecular formula is C24H27NO4PS+. The lowest BCUT2D eigenvalue weighted by molar-refractivity contribution is -0.168. The summed E-state index contributed by atoms with van der Waals surface area (Å²) < 4.78 is 24.4. The predicted octanol–water partition coefficient (Wildman–Crippen LogP) is 5.69. The number of carbonyl (C=O) groups excluding carboxylic acids is 1. The number of benzene rings is 2. The van der Waals surface area contributed by atoms with Crippen LogP contribution in [0.15, 0.2) is 71.8 Å². The van der Waals surface area contributed by atoms with E-state index in [2.05, 4.69) is 4.98 Å². The Bertz CT molecular complexity index is 1030. The molecule has 162 valence electrons. The van der Waals surface area contributed by atoms with Crippen LogP contribution in [0, 0.1) is 0 Å². The first-order chi connectivity index (χ1) is 15.1. The predicted molar refractivity (Wildman–Crippen MR) is 126 cm³/mol. The SMILES string of the molecule is CCOC(=O)C(Cc1ccccc1)(C[P+](=O)CSc1ccc2ccccc2n1)OCC. The molecule has 3 rings (SSSR count). The monoisotopic (exact) mass is 456 g/mol. The molecule has 2 unspecified atom stereocenters. The van der Waals surface area contributed by atoms with E-state index in [1.54, 1.807) is 6.92 Å². The van der Waals surface area contributed by atoms with Gasteiger partial charge in [0.05, 0.1) is 12.1 Å². The molecule has 0 aliphatic carbocycles. The third kappa shape index (κ3) is 6.36. The highest BCUT2D eigenvalue weighted by Gasteiger charge is 2.48. The topological polar surface area (TPSA) is 65.5 Å². The molecule has 0 fully saturated rings. The van der Waals surface area contributed by atoms with Crippen molar-refractivity contribution in [3.63, 3.8) is 0 Å². The van der Waals surface area contributed by atoms with Gasteiger partial charge in [-0.3, -0.25) is 0 Å². The van der Waals surface area contributed by atoms with Crippen LogP contribution >= 0.6 is 19.6 Å². The Labute approximate surface area is 188 Å². The number of para-hydroxylation sites is 1. The van der Waals surface area contributed by atoms with E-state index in [0.29, 0.717) is 18.5 Å². The third-order valence-corrected chi connectivity index (χ3v) is 7.82. The second-order valence-electron chi connectivity index (χ2n) is 7.07. The average molecular weight is 457 g/mol. The normalized spacial score (nSPS) is 13.5. The number of ether oxygens (including phenoxy) is 2. The van der Waals surface area contributed by atoms with Crippen molar-refractivity contribution in [2.75, 3.05) is 24.9 Å². The molecule has 0 amide bonds. The summed E-state index contributed by atoms with van der Waals surface area (Å²) in [5, 5.41) is 1.88. The van der Waals surface area contributed by atoms with E-state index < -0.39 is 19.4 Å². The van der Waals surface area contributed by atoms with Gasteiger partial charge in [0.15, 0.2) is 11.7 Å². The summed E-state index contributed by atoms with van der Waals surface area (Å²) in [6.07, 6.45) is 0.422. The maximum atomic E-state index is 13.1. The van der Waals surface area contributed by atoms with Gasteiger partial charge in [-0.25, -0.2) is 9.78 Å². The van der Waals surface area contributed by atoms with E-state index in [9.17, 15) is 9.36 Å². The van der Waals surface area contributed by atoms with Crippen LogP contribution < -0.4 is 0 Å². The Hall–Kier alpha value is -2.27. The summed E-state index contributed by atoms with van der Waals surface area (Å²) in [6, 6.07) is 21.5. The number of nitrogens with zero attached hydrogens (tertiary/aromatic N) is 1. The molecule has 1 aromatic heterocycles. The molecule has 0 aliphatic rings. The van der Waals surface area contributed by atoms with E-state index in [1.165, 1.54) is 11.8 Å². The number of aromatic nitrogens is 1. The second kappa shape index (κ2) is 11.4. The molecule has 5 nitrogen and oxygen atoms in total. The third-order valence-electron chi connectivity index (χ3n) is 4.76. The van der Waals surface area contributed by atoms with Crippen molar-refractivity contribution in [2.45, 2.75) is 30.9 Å². The summed E-state index contributed by atoms with van der Waals surface area (Å²) in [4.78, 5) is 17.5. The number of carbonyl (C=O) groups is 1. The molecule has 0 saturated heterocycles. The van der Waals surface area contributed by atoms with Crippen molar-refractivity contribution in [1.82, 2.24) is 4.98 Å². The van der Waals surface area contributed by atoms with Crippen LogP contribution in [0.5, 0.6) is 0 Å². The van der Waals surface area contributed by atoms with Crippen molar-refractivity contribution in [3.8, 4) is 0 Å². The molecule has 0 aliphatic heterocycles. The Morgan fingerprint density at radius 2 is 1.74 bits per heavy atom. The van der Waals surface area contributed by atoms with Gasteiger partial charge < -0.3 is 9.47 Å². The largest absolute Gasteiger partial charge is 0.464 e. The lowest BCUT2D eigenvalue weighted by Gasteiger charge is -2.27. The van der Waals surface area contributed by atoms with Gasteiger partial charge in [-0.05, 0) is 31.5 Å². The first kappa shape index (κ1) is 23.4. The molecule has 0 spiro atoms. The number of hydrogen-bond acceptors (Lipinski definition) is 6. The number of rotatable bonds is 11. The van der Waals surface area contributed by atoms with Crippen LogP contribution in [-0.4, -0.2) is 41.4 Å². The Morgan fingerprint density at radius 3 is 2.48 bits per heavy atom. The van der Waals surface area contributed by atoms with Crippen molar-refractivity contribution in [3.05, 3.63) is 72.3 Å². The van der Waals surface area contributed by atoms with E-state index in [4.69, 9.17) is 9.47 Å². The van der Waals surface area contributed by atoms with Gasteiger partial charge >= 0.3 is 13.8 Å². The molecule has 31 heavy (non-hydrogen) atoms. The summed E-state index contributed by atoms with van der Waals surface area (Å²) in [7, 11) is -1.74. The fourth-order valence-electron chi connectivity index (χ4n) is 3.41. The molecule has 0 saturated carbocycles. The van der Waals surface area contributed by atoms with Crippen molar-refractivity contribution < 1.29 is 18.8 Å². The Morgan fingerprint density at radius 1 is 1.00 bits per heavy atom. The highest BCUT2D eigenvalue weighted by molar-refractivity contribution is 8.03. The van der Waals surface area contributed by atoms with Crippen molar-refractivity contribution >= 4 is 36.4 Å². The Kier molecular flexibility index (Phi) is 8.59. The summed E-state index contributed by atoms with van der Waals surface area (Å²) in [6.45, 7) is 4.17. The van der Waals surface area contributed by atoms with Gasteiger partial charge in [0.25, 0.3) is 0 Å². The van der Waals surface area contributed by atoms with Crippen molar-refractivity contribution in [2.24, 2.45) is 0 Å². The van der Waals surface area contributed by atoms with Crippen LogP contribution in [0.4, 0.5) is 0 Å². The van der Waals surface area contributed by atoms with Crippen molar-refractivity contribution in [1.29, 1.82) is 0 Å². The molecule has 2 atom stereocenters. The fraction of sp³-hybridized carbons (Fsp3) is 0.333. The minimum atomic E-state index is -1.74. The molecule has 2 aromatic carbocycles. The maximum Gasteiger partial charge on any atom is 0.353 e. The number of thioether (sulfide) groups is 1. The van der Waals surface area contributed by atoms with Crippen LogP contribution in [0.2, 0.25) is 0 Å². The Balaban J connectivity index is 1.74. The molecule has 7 heteroatoms. The minimum absolute atomic E-state index is 0.102. The molecule has 0 N–H and O–H groups in total. The van der Waals surface area contributed by atoms with E-state index >= 15 is 0 Å². The number of pyridine rings is 1. The van der Waals surface area contributed by atoms with E-state index in [-0.39, 0.29) is 12.8 Å². The smallest absolute Gasteiger partial charge is 0.353 e. The molecule has 1 heterocycles. The lowest BCUT2D eigenvalue weighted by Crippen LogP contribution is -2.47. The van der Waals surface area contributed by atoms with Gasteiger partial charge in [0.1, 0.15) is 5.03 Å². The van der Waals surface area contributed by atoms with Gasteiger partial charge in [0.2, 0.25) is 5.60 Å². The molecular weight excluding hydrogens is 429 g/mol. The lowest BCUT2D eigenvalue weighted by atomic mass is 9.96. The number of fused-ring (bicyclic) bond motifs is 1. The van der Waals surface area contributed by atoms with E-state index in [0.717, 1.165) is 21.5 Å². The van der Waals surface area contributed by atoms with Gasteiger partial charge in [-0.1, -0.05) is 70.9 Å². The van der Waals surface area contributed by atoms with Gasteiger partial charge in [0, 0.05) is 18.4 Å². The minimum Gasteiger partial charge on any atom is -0.464 e. The highest BCUT2D eigenvalue weighted by atomic mass is 32.2. The summed E-state index contributed by atoms with van der Waals surface area (Å²) in [5.41, 5.74) is 0.930. The standard InChI is InChI=1S/C24H27NO4PS/c1-3-28-23(26)24(29-4-2,16-19-10-6-5-7-11-19)17-30(27)18-31-22-15-14-20-12-8-9-13-21(20)25-22/h5-15H,3-4,16-18H2,1-2H3/q+1. The zero-order valence-electron chi connectivity index (χ0n) is 17.8. The van der Waals surface area contributed by atoms with Gasteiger partial charge in [-0.15, -0.1) is 0 Å². The maximum absolute atomic E-state index is 13.1.